The first-order valence-electron chi connectivity index (χ1n) is 10.2. The third-order valence-electron chi connectivity index (χ3n) is 5.38. The minimum atomic E-state index is -4.07. The molecule has 31 heavy (non-hydrogen) atoms. The van der Waals surface area contributed by atoms with Crippen molar-refractivity contribution >= 4 is 27.4 Å². The van der Waals surface area contributed by atoms with E-state index in [2.05, 4.69) is 4.98 Å². The number of sulfone groups is 1. The minimum absolute atomic E-state index is 0.00738. The Kier molecular flexibility index (Phi) is 5.87. The van der Waals surface area contributed by atoms with Gasteiger partial charge in [0.1, 0.15) is 22.4 Å². The molecular weight excluding hydrogens is 412 g/mol. The molecular formula is C23H22N4O3S. The van der Waals surface area contributed by atoms with Crippen LogP contribution in [0.5, 0.6) is 0 Å². The zero-order chi connectivity index (χ0) is 21.8. The van der Waals surface area contributed by atoms with Crippen LogP contribution in [0.15, 0.2) is 69.3 Å². The number of nitriles is 1. The van der Waals surface area contributed by atoms with Gasteiger partial charge < -0.3 is 4.90 Å². The number of allylic oxidation sites excluding steroid dienone is 1. The van der Waals surface area contributed by atoms with Gasteiger partial charge in [0.15, 0.2) is 0 Å². The molecule has 7 nitrogen and oxygen atoms in total. The largest absolute Gasteiger partial charge is 0.356 e. The number of aromatic nitrogens is 2. The Hall–Kier alpha value is -3.44. The Morgan fingerprint density at radius 1 is 1.00 bits per heavy atom. The van der Waals surface area contributed by atoms with Crippen LogP contribution in [0, 0.1) is 11.3 Å². The molecule has 8 heteroatoms. The van der Waals surface area contributed by atoms with Crippen molar-refractivity contribution in [3.05, 3.63) is 75.6 Å². The highest BCUT2D eigenvalue weighted by atomic mass is 32.2. The molecule has 3 heterocycles. The van der Waals surface area contributed by atoms with Gasteiger partial charge in [0.05, 0.1) is 10.5 Å². The summed E-state index contributed by atoms with van der Waals surface area (Å²) in [5.74, 6) is 0.425. The van der Waals surface area contributed by atoms with E-state index in [1.54, 1.807) is 48.7 Å². The van der Waals surface area contributed by atoms with Crippen molar-refractivity contribution in [3.63, 3.8) is 0 Å². The van der Waals surface area contributed by atoms with E-state index >= 15 is 0 Å². The molecule has 0 saturated carbocycles. The maximum atomic E-state index is 13.3. The second-order valence-electron chi connectivity index (χ2n) is 7.42. The maximum absolute atomic E-state index is 13.3. The SMILES string of the molecule is N#C/C(=C\c1c(N2CCCCCC2)nc2ccccn2c1=O)S(=O)(=O)c1ccccc1. The first kappa shape index (κ1) is 20.8. The lowest BCUT2D eigenvalue weighted by Crippen LogP contribution is -2.30. The van der Waals surface area contributed by atoms with Crippen molar-refractivity contribution in [1.82, 2.24) is 9.38 Å². The van der Waals surface area contributed by atoms with Crippen molar-refractivity contribution in [3.8, 4) is 6.07 Å². The van der Waals surface area contributed by atoms with Crippen molar-refractivity contribution in [2.24, 2.45) is 0 Å². The van der Waals surface area contributed by atoms with Gasteiger partial charge in [-0.05, 0) is 43.2 Å². The number of fused-ring (bicyclic) bond motifs is 1. The summed E-state index contributed by atoms with van der Waals surface area (Å²) in [5.41, 5.74) is 0.191. The summed E-state index contributed by atoms with van der Waals surface area (Å²) in [6, 6.07) is 14.8. The summed E-state index contributed by atoms with van der Waals surface area (Å²) in [5, 5.41) is 9.69. The molecule has 0 N–H and O–H groups in total. The van der Waals surface area contributed by atoms with Gasteiger partial charge in [-0.15, -0.1) is 0 Å². The molecule has 1 aliphatic heterocycles. The first-order valence-corrected chi connectivity index (χ1v) is 11.7. The molecule has 0 radical (unpaired) electrons. The Bertz CT molecular complexity index is 1330. The van der Waals surface area contributed by atoms with Crippen LogP contribution in [0.25, 0.3) is 11.7 Å². The third kappa shape index (κ3) is 4.09. The van der Waals surface area contributed by atoms with Gasteiger partial charge in [0.25, 0.3) is 5.56 Å². The lowest BCUT2D eigenvalue weighted by atomic mass is 10.2. The smallest absolute Gasteiger partial charge is 0.267 e. The summed E-state index contributed by atoms with van der Waals surface area (Å²) in [7, 11) is -4.07. The second-order valence-corrected chi connectivity index (χ2v) is 9.34. The van der Waals surface area contributed by atoms with Gasteiger partial charge in [-0.1, -0.05) is 37.1 Å². The summed E-state index contributed by atoms with van der Waals surface area (Å²) in [6.45, 7) is 1.45. The average Bonchev–Trinajstić information content (AvgIpc) is 3.08. The highest BCUT2D eigenvalue weighted by Crippen LogP contribution is 2.26. The number of rotatable bonds is 4. The normalized spacial score (nSPS) is 15.5. The van der Waals surface area contributed by atoms with Gasteiger partial charge in [0.2, 0.25) is 9.84 Å². The van der Waals surface area contributed by atoms with Crippen LogP contribution in [-0.4, -0.2) is 30.9 Å². The molecule has 1 aliphatic rings. The number of benzene rings is 1. The van der Waals surface area contributed by atoms with E-state index in [0.29, 0.717) is 11.5 Å². The zero-order valence-electron chi connectivity index (χ0n) is 16.9. The number of hydrogen-bond donors (Lipinski definition) is 0. The lowest BCUT2D eigenvalue weighted by molar-refractivity contribution is 0.603. The second kappa shape index (κ2) is 8.74. The van der Waals surface area contributed by atoms with Gasteiger partial charge in [0, 0.05) is 19.3 Å². The van der Waals surface area contributed by atoms with Gasteiger partial charge in [-0.2, -0.15) is 5.26 Å². The molecule has 4 rings (SSSR count). The number of nitrogens with zero attached hydrogens (tertiary/aromatic N) is 4. The number of anilines is 1. The van der Waals surface area contributed by atoms with E-state index in [9.17, 15) is 18.5 Å². The summed E-state index contributed by atoms with van der Waals surface area (Å²) in [4.78, 5) is 19.6. The molecule has 0 bridgehead atoms. The third-order valence-corrected chi connectivity index (χ3v) is 7.06. The summed E-state index contributed by atoms with van der Waals surface area (Å²) >= 11 is 0. The van der Waals surface area contributed by atoms with Gasteiger partial charge >= 0.3 is 0 Å². The topological polar surface area (TPSA) is 95.5 Å². The average molecular weight is 435 g/mol. The molecule has 158 valence electrons. The molecule has 3 aromatic rings. The fraction of sp³-hybridized carbons (Fsp3) is 0.261. The molecule has 0 spiro atoms. The van der Waals surface area contributed by atoms with E-state index in [1.807, 2.05) is 4.90 Å². The fourth-order valence-corrected chi connectivity index (χ4v) is 4.93. The molecule has 0 atom stereocenters. The van der Waals surface area contributed by atoms with Crippen LogP contribution in [0.3, 0.4) is 0 Å². The van der Waals surface area contributed by atoms with Crippen molar-refractivity contribution < 1.29 is 8.42 Å². The van der Waals surface area contributed by atoms with Gasteiger partial charge in [-0.25, -0.2) is 13.4 Å². The van der Waals surface area contributed by atoms with E-state index in [4.69, 9.17) is 0 Å². The highest BCUT2D eigenvalue weighted by molar-refractivity contribution is 7.95. The monoisotopic (exact) mass is 434 g/mol. The summed E-state index contributed by atoms with van der Waals surface area (Å²) in [6.07, 6.45) is 6.89. The van der Waals surface area contributed by atoms with Gasteiger partial charge in [-0.3, -0.25) is 9.20 Å². The highest BCUT2D eigenvalue weighted by Gasteiger charge is 2.24. The Morgan fingerprint density at radius 2 is 1.68 bits per heavy atom. The van der Waals surface area contributed by atoms with Crippen molar-refractivity contribution in [2.45, 2.75) is 30.6 Å². The zero-order valence-corrected chi connectivity index (χ0v) is 17.8. The summed E-state index contributed by atoms with van der Waals surface area (Å²) < 4.78 is 27.5. The predicted molar refractivity (Wildman–Crippen MR) is 119 cm³/mol. The van der Waals surface area contributed by atoms with E-state index in [1.165, 1.54) is 22.6 Å². The van der Waals surface area contributed by atoms with Crippen LogP contribution in [-0.2, 0) is 9.84 Å². The standard InChI is InChI=1S/C23H22N4O3S/c24-17-19(31(29,30)18-10-4-3-5-11-18)16-20-22(26-13-7-1-2-8-14-26)25-21-12-6-9-15-27(21)23(20)28/h3-6,9-12,15-16H,1-2,7-8,13-14H2/b19-16+. The molecule has 0 unspecified atom stereocenters. The fourth-order valence-electron chi connectivity index (χ4n) is 3.77. The van der Waals surface area contributed by atoms with Crippen molar-refractivity contribution in [2.75, 3.05) is 18.0 Å². The quantitative estimate of drug-likeness (QED) is 0.584. The first-order chi connectivity index (χ1) is 15.0. The molecule has 0 aliphatic carbocycles. The molecule has 2 aromatic heterocycles. The molecule has 0 amide bonds. The number of hydrogen-bond acceptors (Lipinski definition) is 6. The predicted octanol–water partition coefficient (Wildman–Crippen LogP) is 3.41. The van der Waals surface area contributed by atoms with Crippen molar-refractivity contribution in [1.29, 1.82) is 5.26 Å². The Labute approximate surface area is 180 Å². The molecule has 1 fully saturated rings. The van der Waals surface area contributed by atoms with Crippen LogP contribution in [0.4, 0.5) is 5.82 Å². The lowest BCUT2D eigenvalue weighted by Gasteiger charge is -2.23. The minimum Gasteiger partial charge on any atom is -0.356 e. The van der Waals surface area contributed by atoms with E-state index in [0.717, 1.165) is 38.8 Å². The Balaban J connectivity index is 1.95. The Morgan fingerprint density at radius 3 is 2.35 bits per heavy atom. The maximum Gasteiger partial charge on any atom is 0.267 e. The van der Waals surface area contributed by atoms with E-state index < -0.39 is 20.3 Å². The van der Waals surface area contributed by atoms with E-state index in [-0.39, 0.29) is 10.5 Å². The molecule has 1 saturated heterocycles. The molecule has 1 aromatic carbocycles. The van der Waals surface area contributed by atoms with Crippen LogP contribution < -0.4 is 10.5 Å². The number of pyridine rings is 1. The van der Waals surface area contributed by atoms with Crippen LogP contribution >= 0.6 is 0 Å². The van der Waals surface area contributed by atoms with Crippen LogP contribution in [0.1, 0.15) is 31.2 Å². The van der Waals surface area contributed by atoms with Crippen LogP contribution in [0.2, 0.25) is 0 Å².